The second kappa shape index (κ2) is 5.94. The van der Waals surface area contributed by atoms with Gasteiger partial charge in [0.05, 0.1) is 5.71 Å². The summed E-state index contributed by atoms with van der Waals surface area (Å²) in [6, 6.07) is 0. The molecule has 0 aromatic heterocycles. The molecular formula is C14H20F2N2. The number of hydrogen-bond acceptors (Lipinski definition) is 2. The minimum absolute atomic E-state index is 0.147. The van der Waals surface area contributed by atoms with Gasteiger partial charge in [-0.2, -0.15) is 0 Å². The molecule has 1 aliphatic rings. The maximum atomic E-state index is 12.8. The SMILES string of the molecule is CN=C1C=CC=C/C1=C(/C)N(C)CCC(C)(F)F. The third-order valence-corrected chi connectivity index (χ3v) is 2.99. The number of alkyl halides is 2. The lowest BCUT2D eigenvalue weighted by atomic mass is 10.0. The molecule has 0 unspecified atom stereocenters. The molecule has 4 heteroatoms. The standard InChI is InChI=1S/C14H20F2N2/c1-11(18(4)10-9-14(2,15)16)12-7-5-6-8-13(12)17-3/h5-8H,9-10H2,1-4H3/b12-11+,17-13?. The van der Waals surface area contributed by atoms with Gasteiger partial charge in [-0.15, -0.1) is 0 Å². The highest BCUT2D eigenvalue weighted by Gasteiger charge is 2.22. The van der Waals surface area contributed by atoms with E-state index in [9.17, 15) is 8.78 Å². The molecule has 0 atom stereocenters. The van der Waals surface area contributed by atoms with Crippen molar-refractivity contribution in [2.75, 3.05) is 20.6 Å². The Bertz CT molecular complexity index is 412. The molecular weight excluding hydrogens is 234 g/mol. The van der Waals surface area contributed by atoms with E-state index in [1.807, 2.05) is 43.2 Å². The summed E-state index contributed by atoms with van der Waals surface area (Å²) in [5.74, 6) is -2.62. The van der Waals surface area contributed by atoms with Crippen molar-refractivity contribution in [3.8, 4) is 0 Å². The van der Waals surface area contributed by atoms with Crippen LogP contribution in [0.5, 0.6) is 0 Å². The fourth-order valence-corrected chi connectivity index (χ4v) is 1.71. The summed E-state index contributed by atoms with van der Waals surface area (Å²) in [5, 5.41) is 0. The van der Waals surface area contributed by atoms with Crippen molar-refractivity contribution < 1.29 is 8.78 Å². The fraction of sp³-hybridized carbons (Fsp3) is 0.500. The lowest BCUT2D eigenvalue weighted by Gasteiger charge is -2.24. The zero-order valence-corrected chi connectivity index (χ0v) is 11.4. The summed E-state index contributed by atoms with van der Waals surface area (Å²) in [5.41, 5.74) is 2.83. The molecule has 0 spiro atoms. The highest BCUT2D eigenvalue weighted by Crippen LogP contribution is 2.20. The minimum atomic E-state index is -2.62. The summed E-state index contributed by atoms with van der Waals surface area (Å²) in [6.45, 7) is 3.21. The van der Waals surface area contributed by atoms with Gasteiger partial charge in [0.15, 0.2) is 0 Å². The van der Waals surface area contributed by atoms with Gasteiger partial charge in [-0.1, -0.05) is 18.2 Å². The topological polar surface area (TPSA) is 15.6 Å². The molecule has 18 heavy (non-hydrogen) atoms. The second-order valence-electron chi connectivity index (χ2n) is 4.57. The van der Waals surface area contributed by atoms with E-state index in [0.717, 1.165) is 23.9 Å². The number of aliphatic imine (C=N–C) groups is 1. The van der Waals surface area contributed by atoms with Crippen molar-refractivity contribution in [2.45, 2.75) is 26.2 Å². The maximum absolute atomic E-state index is 12.8. The van der Waals surface area contributed by atoms with Crippen LogP contribution >= 0.6 is 0 Å². The number of nitrogens with zero attached hydrogens (tertiary/aromatic N) is 2. The molecule has 0 bridgehead atoms. The summed E-state index contributed by atoms with van der Waals surface area (Å²) in [6.07, 6.45) is 7.57. The molecule has 1 aliphatic carbocycles. The Hall–Kier alpha value is -1.45. The molecule has 1 rings (SSSR count). The van der Waals surface area contributed by atoms with Gasteiger partial charge in [0.25, 0.3) is 0 Å². The molecule has 0 heterocycles. The summed E-state index contributed by atoms with van der Waals surface area (Å²) >= 11 is 0. The maximum Gasteiger partial charge on any atom is 0.247 e. The lowest BCUT2D eigenvalue weighted by Crippen LogP contribution is -2.25. The van der Waals surface area contributed by atoms with E-state index in [2.05, 4.69) is 4.99 Å². The van der Waals surface area contributed by atoms with Crippen molar-refractivity contribution in [3.63, 3.8) is 0 Å². The van der Waals surface area contributed by atoms with Crippen molar-refractivity contribution in [3.05, 3.63) is 35.6 Å². The van der Waals surface area contributed by atoms with E-state index in [0.29, 0.717) is 6.54 Å². The van der Waals surface area contributed by atoms with Crippen molar-refractivity contribution in [1.29, 1.82) is 0 Å². The van der Waals surface area contributed by atoms with Gasteiger partial charge in [-0.25, -0.2) is 8.78 Å². The molecule has 0 fully saturated rings. The van der Waals surface area contributed by atoms with Crippen LogP contribution in [0.25, 0.3) is 0 Å². The summed E-state index contributed by atoms with van der Waals surface area (Å²) in [4.78, 5) is 6.04. The molecule has 0 radical (unpaired) electrons. The van der Waals surface area contributed by atoms with Gasteiger partial charge in [-0.3, -0.25) is 4.99 Å². The predicted molar refractivity (Wildman–Crippen MR) is 72.2 cm³/mol. The first-order valence-corrected chi connectivity index (χ1v) is 5.97. The molecule has 0 amide bonds. The molecule has 0 saturated heterocycles. The first-order valence-electron chi connectivity index (χ1n) is 5.97. The van der Waals surface area contributed by atoms with Crippen LogP contribution in [0.1, 0.15) is 20.3 Å². The van der Waals surface area contributed by atoms with Crippen LogP contribution in [0.3, 0.4) is 0 Å². The van der Waals surface area contributed by atoms with Gasteiger partial charge >= 0.3 is 0 Å². The Labute approximate surface area is 107 Å². The molecule has 0 N–H and O–H groups in total. The Morgan fingerprint density at radius 2 is 1.94 bits per heavy atom. The summed E-state index contributed by atoms with van der Waals surface area (Å²) < 4.78 is 25.7. The molecule has 100 valence electrons. The Morgan fingerprint density at radius 3 is 2.50 bits per heavy atom. The van der Waals surface area contributed by atoms with Crippen LogP contribution in [0.4, 0.5) is 8.78 Å². The zero-order chi connectivity index (χ0) is 13.8. The minimum Gasteiger partial charge on any atom is -0.377 e. The number of allylic oxidation sites excluding steroid dienone is 6. The quantitative estimate of drug-likeness (QED) is 0.750. The molecule has 0 aromatic rings. The van der Waals surface area contributed by atoms with E-state index in [1.165, 1.54) is 0 Å². The highest BCUT2D eigenvalue weighted by atomic mass is 19.3. The van der Waals surface area contributed by atoms with Crippen LogP contribution in [0.2, 0.25) is 0 Å². The van der Waals surface area contributed by atoms with Crippen molar-refractivity contribution in [1.82, 2.24) is 4.90 Å². The Kier molecular flexibility index (Phi) is 4.82. The molecule has 0 aliphatic heterocycles. The van der Waals surface area contributed by atoms with Crippen LogP contribution in [-0.4, -0.2) is 37.2 Å². The van der Waals surface area contributed by atoms with Gasteiger partial charge in [0.2, 0.25) is 5.92 Å². The van der Waals surface area contributed by atoms with Gasteiger partial charge in [0, 0.05) is 38.3 Å². The van der Waals surface area contributed by atoms with Crippen LogP contribution in [-0.2, 0) is 0 Å². The smallest absolute Gasteiger partial charge is 0.247 e. The van der Waals surface area contributed by atoms with Gasteiger partial charge in [0.1, 0.15) is 0 Å². The number of rotatable bonds is 4. The van der Waals surface area contributed by atoms with Gasteiger partial charge < -0.3 is 4.90 Å². The number of halogens is 2. The van der Waals surface area contributed by atoms with E-state index in [1.54, 1.807) is 7.05 Å². The third-order valence-electron chi connectivity index (χ3n) is 2.99. The van der Waals surface area contributed by atoms with E-state index in [4.69, 9.17) is 0 Å². The fourth-order valence-electron chi connectivity index (χ4n) is 1.71. The van der Waals surface area contributed by atoms with Crippen molar-refractivity contribution >= 4 is 5.71 Å². The van der Waals surface area contributed by atoms with E-state index in [-0.39, 0.29) is 6.42 Å². The second-order valence-corrected chi connectivity index (χ2v) is 4.57. The predicted octanol–water partition coefficient (Wildman–Crippen LogP) is 3.43. The first-order chi connectivity index (χ1) is 8.35. The van der Waals surface area contributed by atoms with Crippen LogP contribution < -0.4 is 0 Å². The molecule has 0 aromatic carbocycles. The summed E-state index contributed by atoms with van der Waals surface area (Å²) in [7, 11) is 3.56. The average Bonchev–Trinajstić information content (AvgIpc) is 2.34. The van der Waals surface area contributed by atoms with Gasteiger partial charge in [-0.05, 0) is 19.9 Å². The number of hydrogen-bond donors (Lipinski definition) is 0. The van der Waals surface area contributed by atoms with E-state index < -0.39 is 5.92 Å². The zero-order valence-electron chi connectivity index (χ0n) is 11.4. The highest BCUT2D eigenvalue weighted by molar-refractivity contribution is 6.11. The monoisotopic (exact) mass is 254 g/mol. The van der Waals surface area contributed by atoms with Crippen LogP contribution in [0, 0.1) is 0 Å². The lowest BCUT2D eigenvalue weighted by molar-refractivity contribution is 0.00741. The van der Waals surface area contributed by atoms with Crippen LogP contribution in [0.15, 0.2) is 40.6 Å². The van der Waals surface area contributed by atoms with E-state index >= 15 is 0 Å². The normalized spacial score (nSPS) is 20.4. The largest absolute Gasteiger partial charge is 0.377 e. The Balaban J connectivity index is 2.81. The Morgan fingerprint density at radius 1 is 1.33 bits per heavy atom. The van der Waals surface area contributed by atoms with Crippen molar-refractivity contribution in [2.24, 2.45) is 4.99 Å². The molecule has 0 saturated carbocycles. The average molecular weight is 254 g/mol. The first kappa shape index (κ1) is 14.6. The molecule has 2 nitrogen and oxygen atoms in total. The third kappa shape index (κ3) is 4.09.